The second kappa shape index (κ2) is 9.81. The van der Waals surface area contributed by atoms with E-state index in [1.807, 2.05) is 6.92 Å². The van der Waals surface area contributed by atoms with E-state index in [1.54, 1.807) is 48.5 Å². The summed E-state index contributed by atoms with van der Waals surface area (Å²) >= 11 is 0.910. The Morgan fingerprint density at radius 3 is 2.36 bits per heavy atom. The number of aryl methyl sites for hydroxylation is 1. The van der Waals surface area contributed by atoms with Gasteiger partial charge < -0.3 is 4.74 Å². The Labute approximate surface area is 194 Å². The predicted molar refractivity (Wildman–Crippen MR) is 127 cm³/mol. The van der Waals surface area contributed by atoms with Crippen molar-refractivity contribution in [2.75, 3.05) is 7.11 Å². The van der Waals surface area contributed by atoms with Crippen LogP contribution < -0.4 is 14.8 Å². The van der Waals surface area contributed by atoms with Gasteiger partial charge in [-0.1, -0.05) is 35.9 Å². The van der Waals surface area contributed by atoms with Crippen molar-refractivity contribution in [1.29, 1.82) is 5.26 Å². The normalized spacial score (nSPS) is 12.7. The van der Waals surface area contributed by atoms with Gasteiger partial charge in [0.15, 0.2) is 4.91 Å². The lowest BCUT2D eigenvalue weighted by Gasteiger charge is -2.04. The number of rotatable bonds is 6. The Bertz CT molecular complexity index is 1540. The number of allylic oxidation sites excluding steroid dienone is 1. The third-order valence-corrected chi connectivity index (χ3v) is 7.72. The average molecular weight is 481 g/mol. The molecule has 168 valence electrons. The largest absolute Gasteiger partial charge is 0.465 e. The van der Waals surface area contributed by atoms with Crippen LogP contribution in [0.3, 0.4) is 0 Å². The number of esters is 1. The van der Waals surface area contributed by atoms with Crippen molar-refractivity contribution >= 4 is 38.1 Å². The van der Waals surface area contributed by atoms with E-state index >= 15 is 0 Å². The van der Waals surface area contributed by atoms with E-state index in [0.717, 1.165) is 16.9 Å². The first kappa shape index (κ1) is 23.9. The van der Waals surface area contributed by atoms with E-state index in [0.29, 0.717) is 11.1 Å². The zero-order valence-corrected chi connectivity index (χ0v) is 19.6. The van der Waals surface area contributed by atoms with E-state index in [4.69, 9.17) is 0 Å². The van der Waals surface area contributed by atoms with E-state index in [-0.39, 0.29) is 20.6 Å². The van der Waals surface area contributed by atoms with Crippen molar-refractivity contribution in [3.05, 3.63) is 97.4 Å². The Hall–Kier alpha value is -3.74. The van der Waals surface area contributed by atoms with Gasteiger partial charge in [0.25, 0.3) is 5.56 Å². The van der Waals surface area contributed by atoms with E-state index in [2.05, 4.69) is 11.3 Å². The van der Waals surface area contributed by atoms with Gasteiger partial charge in [0, 0.05) is 6.54 Å². The molecule has 3 rings (SSSR count). The maximum atomic E-state index is 13.2. The fourth-order valence-electron chi connectivity index (χ4n) is 3.03. The zero-order chi connectivity index (χ0) is 24.2. The average Bonchev–Trinajstić information content (AvgIpc) is 3.09. The predicted octanol–water partition coefficient (Wildman–Crippen LogP) is 2.13. The third-order valence-electron chi connectivity index (χ3n) is 4.74. The molecule has 0 fully saturated rings. The second-order valence-corrected chi connectivity index (χ2v) is 9.91. The Kier molecular flexibility index (Phi) is 7.11. The number of nitrogens with zero attached hydrogens (tertiary/aromatic N) is 2. The van der Waals surface area contributed by atoms with Crippen molar-refractivity contribution in [3.63, 3.8) is 0 Å². The van der Waals surface area contributed by atoms with Gasteiger partial charge in [-0.05, 0) is 42.8 Å². The number of aromatic nitrogens is 1. The van der Waals surface area contributed by atoms with Crippen LogP contribution in [-0.2, 0) is 21.1 Å². The fraction of sp³-hybridized carbons (Fsp3) is 0.125. The molecule has 0 aliphatic heterocycles. The van der Waals surface area contributed by atoms with Crippen LogP contribution in [0.5, 0.6) is 0 Å². The van der Waals surface area contributed by atoms with Gasteiger partial charge in [-0.25, -0.2) is 13.2 Å². The molecule has 0 spiro atoms. The highest BCUT2D eigenvalue weighted by molar-refractivity contribution is 8.00. The standard InChI is InChI=1S/C24H20N2O5S2/c1-4-13-26-22(27)20(14-17-7-9-18(10-8-17)24(28)31-3)32-23(26)21(15-25)33(29,30)19-11-5-16(2)6-12-19/h4-12,14H,1,13H2,2-3H3/b20-14-,23-21+. The number of thiazole rings is 1. The van der Waals surface area contributed by atoms with Crippen LogP contribution in [0.15, 0.2) is 70.9 Å². The van der Waals surface area contributed by atoms with Crippen LogP contribution in [0.1, 0.15) is 21.5 Å². The van der Waals surface area contributed by atoms with Gasteiger partial charge in [0.05, 0.1) is 22.1 Å². The molecule has 0 unspecified atom stereocenters. The van der Waals surface area contributed by atoms with Crippen LogP contribution in [0.4, 0.5) is 0 Å². The van der Waals surface area contributed by atoms with Crippen molar-refractivity contribution in [3.8, 4) is 6.07 Å². The summed E-state index contributed by atoms with van der Waals surface area (Å²) in [5.41, 5.74) is 1.41. The number of methoxy groups -OCH3 is 1. The molecular formula is C24H20N2O5S2. The number of carbonyl (C=O) groups is 1. The lowest BCUT2D eigenvalue weighted by atomic mass is 10.1. The Morgan fingerprint density at radius 1 is 1.18 bits per heavy atom. The molecule has 0 bridgehead atoms. The summed E-state index contributed by atoms with van der Waals surface area (Å²) in [6.45, 7) is 5.49. The molecule has 33 heavy (non-hydrogen) atoms. The molecule has 0 saturated heterocycles. The molecule has 9 heteroatoms. The Morgan fingerprint density at radius 2 is 1.82 bits per heavy atom. The topological polar surface area (TPSA) is 106 Å². The van der Waals surface area contributed by atoms with Gasteiger partial charge in [-0.3, -0.25) is 9.36 Å². The molecule has 3 aromatic rings. The molecule has 0 radical (unpaired) electrons. The van der Waals surface area contributed by atoms with E-state index in [1.165, 1.54) is 29.9 Å². The molecule has 0 saturated carbocycles. The first-order valence-electron chi connectivity index (χ1n) is 9.69. The minimum atomic E-state index is -4.15. The molecule has 0 amide bonds. The van der Waals surface area contributed by atoms with Gasteiger partial charge in [0.1, 0.15) is 10.7 Å². The molecule has 0 N–H and O–H groups in total. The van der Waals surface area contributed by atoms with Crippen LogP contribution in [0.25, 0.3) is 11.0 Å². The SMILES string of the molecule is C=CCn1c(=O)/c(=C/c2ccc(C(=O)OC)cc2)s/c1=C(\C#N)S(=O)(=O)c1ccc(C)cc1. The first-order chi connectivity index (χ1) is 15.7. The lowest BCUT2D eigenvalue weighted by molar-refractivity contribution is 0.0600. The van der Waals surface area contributed by atoms with Gasteiger partial charge >= 0.3 is 5.97 Å². The quantitative estimate of drug-likeness (QED) is 0.395. The van der Waals surface area contributed by atoms with Gasteiger partial charge in [-0.15, -0.1) is 17.9 Å². The number of carbonyl (C=O) groups excluding carboxylic acids is 1. The number of nitriles is 1. The second-order valence-electron chi connectivity index (χ2n) is 6.99. The summed E-state index contributed by atoms with van der Waals surface area (Å²) in [5.74, 6) is -0.483. The molecule has 1 aromatic heterocycles. The van der Waals surface area contributed by atoms with Crippen LogP contribution in [0, 0.1) is 18.3 Å². The summed E-state index contributed by atoms with van der Waals surface area (Å²) < 4.78 is 32.5. The molecule has 0 atom stereocenters. The fourth-order valence-corrected chi connectivity index (χ4v) is 5.68. The molecule has 7 nitrogen and oxygen atoms in total. The number of ether oxygens (including phenoxy) is 1. The monoisotopic (exact) mass is 480 g/mol. The minimum absolute atomic E-state index is 0.0282. The number of sulfone groups is 1. The minimum Gasteiger partial charge on any atom is -0.465 e. The van der Waals surface area contributed by atoms with E-state index < -0.39 is 26.3 Å². The summed E-state index contributed by atoms with van der Waals surface area (Å²) in [4.78, 5) is 24.1. The summed E-state index contributed by atoms with van der Waals surface area (Å²) in [6, 6.07) is 14.3. The summed E-state index contributed by atoms with van der Waals surface area (Å²) in [5, 5.41) is 9.76. The molecule has 1 heterocycles. The molecule has 2 aromatic carbocycles. The molecular weight excluding hydrogens is 460 g/mol. The molecule has 0 aliphatic carbocycles. The van der Waals surface area contributed by atoms with Crippen molar-refractivity contribution in [2.24, 2.45) is 0 Å². The highest BCUT2D eigenvalue weighted by Crippen LogP contribution is 2.19. The highest BCUT2D eigenvalue weighted by Gasteiger charge is 2.24. The summed E-state index contributed by atoms with van der Waals surface area (Å²) in [6.07, 6.45) is 3.03. The molecule has 0 aliphatic rings. The van der Waals surface area contributed by atoms with E-state index in [9.17, 15) is 23.3 Å². The first-order valence-corrected chi connectivity index (χ1v) is 12.0. The number of benzene rings is 2. The van der Waals surface area contributed by atoms with Gasteiger partial charge in [-0.2, -0.15) is 5.26 Å². The highest BCUT2D eigenvalue weighted by atomic mass is 32.2. The third kappa shape index (κ3) is 4.87. The summed E-state index contributed by atoms with van der Waals surface area (Å²) in [7, 11) is -2.87. The maximum Gasteiger partial charge on any atom is 0.337 e. The lowest BCUT2D eigenvalue weighted by Crippen LogP contribution is -2.32. The van der Waals surface area contributed by atoms with Crippen LogP contribution in [0.2, 0.25) is 0 Å². The maximum absolute atomic E-state index is 13.2. The smallest absolute Gasteiger partial charge is 0.337 e. The van der Waals surface area contributed by atoms with Crippen LogP contribution in [-0.4, -0.2) is 26.1 Å². The van der Waals surface area contributed by atoms with Crippen LogP contribution >= 0.6 is 11.3 Å². The number of hydrogen-bond donors (Lipinski definition) is 0. The Balaban J connectivity index is 2.26. The van der Waals surface area contributed by atoms with Crippen molar-refractivity contribution in [1.82, 2.24) is 4.57 Å². The van der Waals surface area contributed by atoms with Gasteiger partial charge in [0.2, 0.25) is 9.84 Å². The number of hydrogen-bond acceptors (Lipinski definition) is 7. The van der Waals surface area contributed by atoms with Crippen molar-refractivity contribution < 1.29 is 17.9 Å². The zero-order valence-electron chi connectivity index (χ0n) is 17.9. The van der Waals surface area contributed by atoms with Crippen molar-refractivity contribution in [2.45, 2.75) is 18.4 Å².